The Morgan fingerprint density at radius 3 is 2.66 bits per heavy atom. The summed E-state index contributed by atoms with van der Waals surface area (Å²) in [7, 11) is 0. The summed E-state index contributed by atoms with van der Waals surface area (Å²) in [6.07, 6.45) is 0.219. The molecule has 0 saturated carbocycles. The molecule has 1 aromatic heterocycles. The molecule has 2 aromatic carbocycles. The maximum Gasteiger partial charge on any atom is 0.230 e. The zero-order chi connectivity index (χ0) is 20.1. The average molecular weight is 428 g/mol. The van der Waals surface area contributed by atoms with E-state index in [1.54, 1.807) is 23.5 Å². The van der Waals surface area contributed by atoms with Crippen LogP contribution in [0.4, 0.5) is 5.69 Å². The number of carbonyl (C=O) groups excluding carboxylic acids is 1. The van der Waals surface area contributed by atoms with Gasteiger partial charge in [-0.2, -0.15) is 0 Å². The van der Waals surface area contributed by atoms with Gasteiger partial charge < -0.3 is 10.1 Å². The molecule has 1 amide bonds. The molecular weight excluding hydrogens is 406 g/mol. The van der Waals surface area contributed by atoms with E-state index in [4.69, 9.17) is 16.3 Å². The molecule has 0 radical (unpaired) electrons. The Kier molecular flexibility index (Phi) is 6.56. The average Bonchev–Trinajstić information content (AvgIpc) is 3.19. The van der Waals surface area contributed by atoms with Gasteiger partial charge in [-0.3, -0.25) is 9.69 Å². The first-order valence-electron chi connectivity index (χ1n) is 9.55. The topological polar surface area (TPSA) is 54.5 Å². The highest BCUT2D eigenvalue weighted by molar-refractivity contribution is 7.13. The van der Waals surface area contributed by atoms with Gasteiger partial charge in [-0.25, -0.2) is 4.98 Å². The standard InChI is InChI=1S/C22H22ClN3O2S/c23-19-3-1-2-4-20(19)25-21(27)13-18-15-29-22(24-18)17-7-5-16(6-8-17)14-26-9-11-28-12-10-26/h1-8,15H,9-14H2,(H,25,27). The van der Waals surface area contributed by atoms with E-state index in [9.17, 15) is 4.79 Å². The zero-order valence-corrected chi connectivity index (χ0v) is 17.5. The highest BCUT2D eigenvalue weighted by Crippen LogP contribution is 2.25. The number of carbonyl (C=O) groups is 1. The number of anilines is 1. The lowest BCUT2D eigenvalue weighted by atomic mass is 10.1. The van der Waals surface area contributed by atoms with Crippen molar-refractivity contribution >= 4 is 34.5 Å². The van der Waals surface area contributed by atoms with Gasteiger partial charge in [0.2, 0.25) is 5.91 Å². The van der Waals surface area contributed by atoms with Crippen molar-refractivity contribution < 1.29 is 9.53 Å². The third-order valence-electron chi connectivity index (χ3n) is 4.75. The molecule has 3 aromatic rings. The molecule has 1 aliphatic rings. The van der Waals surface area contributed by atoms with Gasteiger partial charge in [0.05, 0.1) is 36.0 Å². The number of para-hydroxylation sites is 1. The summed E-state index contributed by atoms with van der Waals surface area (Å²) in [6, 6.07) is 15.7. The van der Waals surface area contributed by atoms with Crippen LogP contribution in [-0.2, 0) is 22.5 Å². The number of aromatic nitrogens is 1. The van der Waals surface area contributed by atoms with Gasteiger partial charge in [-0.05, 0) is 17.7 Å². The number of rotatable bonds is 6. The molecule has 1 aliphatic heterocycles. The van der Waals surface area contributed by atoms with Crippen LogP contribution in [0.3, 0.4) is 0 Å². The Morgan fingerprint density at radius 1 is 1.14 bits per heavy atom. The van der Waals surface area contributed by atoms with Gasteiger partial charge in [0.25, 0.3) is 0 Å². The van der Waals surface area contributed by atoms with Crippen molar-refractivity contribution in [1.29, 1.82) is 0 Å². The molecule has 0 unspecified atom stereocenters. The third-order valence-corrected chi connectivity index (χ3v) is 6.02. The fourth-order valence-corrected chi connectivity index (χ4v) is 4.22. The number of amides is 1. The van der Waals surface area contributed by atoms with Gasteiger partial charge in [0.1, 0.15) is 5.01 Å². The van der Waals surface area contributed by atoms with Crippen LogP contribution in [0.5, 0.6) is 0 Å². The fourth-order valence-electron chi connectivity index (χ4n) is 3.21. The summed E-state index contributed by atoms with van der Waals surface area (Å²) >= 11 is 7.64. The fraction of sp³-hybridized carbons (Fsp3) is 0.273. The van der Waals surface area contributed by atoms with Crippen molar-refractivity contribution in [3.8, 4) is 10.6 Å². The molecule has 150 valence electrons. The van der Waals surface area contributed by atoms with Crippen LogP contribution in [0.15, 0.2) is 53.9 Å². The Bertz CT molecular complexity index is 968. The number of hydrogen-bond donors (Lipinski definition) is 1. The van der Waals surface area contributed by atoms with Gasteiger partial charge in [-0.15, -0.1) is 11.3 Å². The number of nitrogens with one attached hydrogen (secondary N) is 1. The lowest BCUT2D eigenvalue weighted by Crippen LogP contribution is -2.35. The molecule has 0 atom stereocenters. The third kappa shape index (κ3) is 5.42. The van der Waals surface area contributed by atoms with E-state index in [0.717, 1.165) is 49.1 Å². The van der Waals surface area contributed by atoms with Crippen LogP contribution in [0, 0.1) is 0 Å². The maximum atomic E-state index is 12.3. The molecule has 1 fully saturated rings. The number of hydrogen-bond acceptors (Lipinski definition) is 5. The molecular formula is C22H22ClN3O2S. The number of halogens is 1. The number of thiazole rings is 1. The highest BCUT2D eigenvalue weighted by Gasteiger charge is 2.12. The molecule has 1 N–H and O–H groups in total. The number of ether oxygens (including phenoxy) is 1. The molecule has 0 aliphatic carbocycles. The summed E-state index contributed by atoms with van der Waals surface area (Å²) in [4.78, 5) is 19.3. The Hall–Kier alpha value is -2.25. The van der Waals surface area contributed by atoms with Gasteiger partial charge in [0.15, 0.2) is 0 Å². The monoisotopic (exact) mass is 427 g/mol. The van der Waals surface area contributed by atoms with Gasteiger partial charge >= 0.3 is 0 Å². The number of benzene rings is 2. The van der Waals surface area contributed by atoms with Gasteiger partial charge in [-0.1, -0.05) is 48.0 Å². The molecule has 29 heavy (non-hydrogen) atoms. The minimum Gasteiger partial charge on any atom is -0.379 e. The normalized spacial score (nSPS) is 14.7. The Balaban J connectivity index is 1.35. The molecule has 0 bridgehead atoms. The first-order valence-corrected chi connectivity index (χ1v) is 10.8. The van der Waals surface area contributed by atoms with E-state index < -0.39 is 0 Å². The maximum absolute atomic E-state index is 12.3. The first-order chi connectivity index (χ1) is 14.2. The van der Waals surface area contributed by atoms with Crippen LogP contribution < -0.4 is 5.32 Å². The lowest BCUT2D eigenvalue weighted by Gasteiger charge is -2.26. The number of nitrogens with zero attached hydrogens (tertiary/aromatic N) is 2. The van der Waals surface area contributed by atoms with Crippen LogP contribution in [0.1, 0.15) is 11.3 Å². The SMILES string of the molecule is O=C(Cc1csc(-c2ccc(CN3CCOCC3)cc2)n1)Nc1ccccc1Cl. The molecule has 7 heteroatoms. The van der Waals surface area contributed by atoms with Crippen LogP contribution in [-0.4, -0.2) is 42.1 Å². The summed E-state index contributed by atoms with van der Waals surface area (Å²) in [5, 5.41) is 6.21. The van der Waals surface area contributed by atoms with Crippen LogP contribution in [0.25, 0.3) is 10.6 Å². The summed E-state index contributed by atoms with van der Waals surface area (Å²) in [6.45, 7) is 4.52. The minimum atomic E-state index is -0.129. The second kappa shape index (κ2) is 9.50. The lowest BCUT2D eigenvalue weighted by molar-refractivity contribution is -0.115. The second-order valence-electron chi connectivity index (χ2n) is 6.93. The predicted molar refractivity (Wildman–Crippen MR) is 117 cm³/mol. The van der Waals surface area contributed by atoms with Crippen molar-refractivity contribution in [2.75, 3.05) is 31.6 Å². The minimum absolute atomic E-state index is 0.129. The van der Waals surface area contributed by atoms with E-state index >= 15 is 0 Å². The Morgan fingerprint density at radius 2 is 1.90 bits per heavy atom. The zero-order valence-electron chi connectivity index (χ0n) is 15.9. The van der Waals surface area contributed by atoms with Crippen molar-refractivity contribution in [1.82, 2.24) is 9.88 Å². The van der Waals surface area contributed by atoms with E-state index in [-0.39, 0.29) is 12.3 Å². The molecule has 1 saturated heterocycles. The first kappa shape index (κ1) is 20.0. The summed E-state index contributed by atoms with van der Waals surface area (Å²) in [5.41, 5.74) is 3.72. The quantitative estimate of drug-likeness (QED) is 0.630. The molecule has 0 spiro atoms. The highest BCUT2D eigenvalue weighted by atomic mass is 35.5. The van der Waals surface area contributed by atoms with Crippen molar-refractivity contribution in [3.63, 3.8) is 0 Å². The largest absolute Gasteiger partial charge is 0.379 e. The van der Waals surface area contributed by atoms with E-state index in [1.807, 2.05) is 17.5 Å². The molecule has 4 rings (SSSR count). The molecule has 2 heterocycles. The number of morpholine rings is 1. The van der Waals surface area contributed by atoms with Gasteiger partial charge in [0, 0.05) is 30.6 Å². The van der Waals surface area contributed by atoms with E-state index in [2.05, 4.69) is 39.5 Å². The second-order valence-corrected chi connectivity index (χ2v) is 8.20. The Labute approximate surface area is 179 Å². The summed E-state index contributed by atoms with van der Waals surface area (Å²) in [5.74, 6) is -0.129. The van der Waals surface area contributed by atoms with Crippen LogP contribution >= 0.6 is 22.9 Å². The summed E-state index contributed by atoms with van der Waals surface area (Å²) < 4.78 is 5.40. The smallest absolute Gasteiger partial charge is 0.230 e. The molecule has 5 nitrogen and oxygen atoms in total. The van der Waals surface area contributed by atoms with E-state index in [1.165, 1.54) is 5.56 Å². The van der Waals surface area contributed by atoms with Crippen LogP contribution in [0.2, 0.25) is 5.02 Å². The predicted octanol–water partition coefficient (Wildman–Crippen LogP) is 4.48. The van der Waals surface area contributed by atoms with E-state index in [0.29, 0.717) is 10.7 Å². The van der Waals surface area contributed by atoms with Crippen molar-refractivity contribution in [3.05, 3.63) is 70.2 Å². The van der Waals surface area contributed by atoms with Crippen molar-refractivity contribution in [2.45, 2.75) is 13.0 Å². The van der Waals surface area contributed by atoms with Crippen molar-refractivity contribution in [2.24, 2.45) is 0 Å².